The van der Waals surface area contributed by atoms with E-state index < -0.39 is 0 Å². The molecule has 0 aromatic carbocycles. The Morgan fingerprint density at radius 1 is 1.44 bits per heavy atom. The van der Waals surface area contributed by atoms with Crippen LogP contribution in [0.15, 0.2) is 18.2 Å². The Morgan fingerprint density at radius 2 is 2.19 bits per heavy atom. The molecular weight excluding hydrogens is 198 g/mol. The van der Waals surface area contributed by atoms with Gasteiger partial charge in [-0.1, -0.05) is 13.0 Å². The van der Waals surface area contributed by atoms with Gasteiger partial charge in [-0.05, 0) is 45.5 Å². The Balaban J connectivity index is 2.36. The summed E-state index contributed by atoms with van der Waals surface area (Å²) in [4.78, 5) is 6.76. The first kappa shape index (κ1) is 13.1. The molecular formula is C13H23N3. The summed E-state index contributed by atoms with van der Waals surface area (Å²) in [5.41, 5.74) is 8.11. The number of nitrogens with zero attached hydrogens (tertiary/aromatic N) is 2. The lowest BCUT2D eigenvalue weighted by Gasteiger charge is -2.18. The lowest BCUT2D eigenvalue weighted by atomic mass is 10.1. The summed E-state index contributed by atoms with van der Waals surface area (Å²) in [5.74, 6) is 0. The zero-order valence-electron chi connectivity index (χ0n) is 10.6. The van der Waals surface area contributed by atoms with Crippen LogP contribution in [0.4, 0.5) is 0 Å². The van der Waals surface area contributed by atoms with Crippen molar-refractivity contribution in [1.82, 2.24) is 9.88 Å². The third-order valence-corrected chi connectivity index (χ3v) is 2.78. The van der Waals surface area contributed by atoms with Gasteiger partial charge in [0.05, 0.1) is 5.69 Å². The SMILES string of the molecule is CCC(N)CCN(C)Cc1cccc(C)n1. The predicted molar refractivity (Wildman–Crippen MR) is 68.2 cm³/mol. The quantitative estimate of drug-likeness (QED) is 0.798. The minimum absolute atomic E-state index is 0.327. The van der Waals surface area contributed by atoms with Crippen molar-refractivity contribution in [2.75, 3.05) is 13.6 Å². The number of pyridine rings is 1. The van der Waals surface area contributed by atoms with E-state index >= 15 is 0 Å². The molecule has 0 aliphatic heterocycles. The lowest BCUT2D eigenvalue weighted by molar-refractivity contribution is 0.305. The number of hydrogen-bond donors (Lipinski definition) is 1. The summed E-state index contributed by atoms with van der Waals surface area (Å²) in [6, 6.07) is 6.48. The monoisotopic (exact) mass is 221 g/mol. The highest BCUT2D eigenvalue weighted by Gasteiger charge is 2.04. The highest BCUT2D eigenvalue weighted by molar-refractivity contribution is 5.09. The maximum atomic E-state index is 5.90. The first-order valence-electron chi connectivity index (χ1n) is 5.98. The first-order chi connectivity index (χ1) is 7.61. The molecule has 0 saturated heterocycles. The maximum Gasteiger partial charge on any atom is 0.0547 e. The molecule has 3 heteroatoms. The van der Waals surface area contributed by atoms with Crippen molar-refractivity contribution in [2.45, 2.75) is 39.3 Å². The molecule has 0 saturated carbocycles. The molecule has 16 heavy (non-hydrogen) atoms. The molecule has 90 valence electrons. The molecule has 0 aliphatic rings. The molecule has 3 nitrogen and oxygen atoms in total. The van der Waals surface area contributed by atoms with Gasteiger partial charge in [0, 0.05) is 18.3 Å². The smallest absolute Gasteiger partial charge is 0.0547 e. The predicted octanol–water partition coefficient (Wildman–Crippen LogP) is 1.95. The van der Waals surface area contributed by atoms with E-state index in [-0.39, 0.29) is 0 Å². The minimum atomic E-state index is 0.327. The fourth-order valence-corrected chi connectivity index (χ4v) is 1.63. The summed E-state index contributed by atoms with van der Waals surface area (Å²) in [5, 5.41) is 0. The van der Waals surface area contributed by atoms with Crippen molar-refractivity contribution >= 4 is 0 Å². The van der Waals surface area contributed by atoms with Crippen LogP contribution < -0.4 is 5.73 Å². The Hall–Kier alpha value is -0.930. The van der Waals surface area contributed by atoms with Crippen molar-refractivity contribution in [1.29, 1.82) is 0 Å². The van der Waals surface area contributed by atoms with Crippen LogP contribution in [0.3, 0.4) is 0 Å². The van der Waals surface area contributed by atoms with Gasteiger partial charge in [0.1, 0.15) is 0 Å². The summed E-state index contributed by atoms with van der Waals surface area (Å²) < 4.78 is 0. The van der Waals surface area contributed by atoms with E-state index in [0.29, 0.717) is 6.04 Å². The highest BCUT2D eigenvalue weighted by atomic mass is 15.1. The Kier molecular flexibility index (Phi) is 5.43. The molecule has 0 radical (unpaired) electrons. The van der Waals surface area contributed by atoms with E-state index in [1.807, 2.05) is 13.0 Å². The topological polar surface area (TPSA) is 42.1 Å². The average Bonchev–Trinajstić information content (AvgIpc) is 2.26. The van der Waals surface area contributed by atoms with Crippen molar-refractivity contribution in [3.63, 3.8) is 0 Å². The van der Waals surface area contributed by atoms with Crippen LogP contribution in [0.5, 0.6) is 0 Å². The van der Waals surface area contributed by atoms with Crippen LogP contribution >= 0.6 is 0 Å². The second kappa shape index (κ2) is 6.61. The molecule has 1 atom stereocenters. The van der Waals surface area contributed by atoms with E-state index in [1.165, 1.54) is 0 Å². The van der Waals surface area contributed by atoms with E-state index in [9.17, 15) is 0 Å². The molecule has 0 amide bonds. The second-order valence-corrected chi connectivity index (χ2v) is 4.47. The summed E-state index contributed by atoms with van der Waals surface area (Å²) in [7, 11) is 2.12. The Labute approximate surface area is 98.7 Å². The first-order valence-corrected chi connectivity index (χ1v) is 5.98. The van der Waals surface area contributed by atoms with Crippen molar-refractivity contribution < 1.29 is 0 Å². The van der Waals surface area contributed by atoms with Gasteiger partial charge in [-0.25, -0.2) is 0 Å². The van der Waals surface area contributed by atoms with Gasteiger partial charge in [0.15, 0.2) is 0 Å². The van der Waals surface area contributed by atoms with Gasteiger partial charge in [0.25, 0.3) is 0 Å². The zero-order chi connectivity index (χ0) is 12.0. The summed E-state index contributed by atoms with van der Waals surface area (Å²) in [6.45, 7) is 6.09. The third-order valence-electron chi connectivity index (χ3n) is 2.78. The highest BCUT2D eigenvalue weighted by Crippen LogP contribution is 2.03. The molecule has 1 heterocycles. The van der Waals surface area contributed by atoms with Crippen LogP contribution in [0.2, 0.25) is 0 Å². The van der Waals surface area contributed by atoms with Crippen LogP contribution in [0.25, 0.3) is 0 Å². The summed E-state index contributed by atoms with van der Waals surface area (Å²) >= 11 is 0. The third kappa shape index (κ3) is 4.73. The number of rotatable bonds is 6. The Bertz CT molecular complexity index is 312. The van der Waals surface area contributed by atoms with Crippen LogP contribution in [-0.2, 0) is 6.54 Å². The molecule has 1 aromatic heterocycles. The average molecular weight is 221 g/mol. The zero-order valence-corrected chi connectivity index (χ0v) is 10.6. The molecule has 0 fully saturated rings. The van der Waals surface area contributed by atoms with Crippen LogP contribution in [0.1, 0.15) is 31.2 Å². The molecule has 0 spiro atoms. The number of aryl methyl sites for hydroxylation is 1. The summed E-state index contributed by atoms with van der Waals surface area (Å²) in [6.07, 6.45) is 2.11. The molecule has 1 rings (SSSR count). The lowest BCUT2D eigenvalue weighted by Crippen LogP contribution is -2.27. The fraction of sp³-hybridized carbons (Fsp3) is 0.615. The second-order valence-electron chi connectivity index (χ2n) is 4.47. The van der Waals surface area contributed by atoms with Gasteiger partial charge in [-0.3, -0.25) is 4.98 Å². The van der Waals surface area contributed by atoms with Gasteiger partial charge >= 0.3 is 0 Å². The number of hydrogen-bond acceptors (Lipinski definition) is 3. The maximum absolute atomic E-state index is 5.90. The largest absolute Gasteiger partial charge is 0.328 e. The van der Waals surface area contributed by atoms with Crippen molar-refractivity contribution in [3.8, 4) is 0 Å². The minimum Gasteiger partial charge on any atom is -0.328 e. The standard InChI is InChI=1S/C13H23N3/c1-4-12(14)8-9-16(3)10-13-7-5-6-11(2)15-13/h5-7,12H,4,8-10,14H2,1-3H3. The van der Waals surface area contributed by atoms with Crippen LogP contribution in [0, 0.1) is 6.92 Å². The van der Waals surface area contributed by atoms with Crippen molar-refractivity contribution in [2.24, 2.45) is 5.73 Å². The van der Waals surface area contributed by atoms with E-state index in [2.05, 4.69) is 36.0 Å². The molecule has 0 aliphatic carbocycles. The molecule has 0 bridgehead atoms. The Morgan fingerprint density at radius 3 is 2.81 bits per heavy atom. The van der Waals surface area contributed by atoms with Gasteiger partial charge in [-0.15, -0.1) is 0 Å². The number of nitrogens with two attached hydrogens (primary N) is 1. The van der Waals surface area contributed by atoms with E-state index in [4.69, 9.17) is 5.73 Å². The molecule has 1 unspecified atom stereocenters. The molecule has 2 N–H and O–H groups in total. The number of aromatic nitrogens is 1. The van der Waals surface area contributed by atoms with Crippen LogP contribution in [-0.4, -0.2) is 29.5 Å². The molecule has 1 aromatic rings. The van der Waals surface area contributed by atoms with E-state index in [1.54, 1.807) is 0 Å². The van der Waals surface area contributed by atoms with Gasteiger partial charge in [-0.2, -0.15) is 0 Å². The normalized spacial score (nSPS) is 13.1. The van der Waals surface area contributed by atoms with E-state index in [0.717, 1.165) is 37.3 Å². The van der Waals surface area contributed by atoms with Gasteiger partial charge < -0.3 is 10.6 Å². The van der Waals surface area contributed by atoms with Crippen molar-refractivity contribution in [3.05, 3.63) is 29.6 Å². The van der Waals surface area contributed by atoms with Gasteiger partial charge in [0.2, 0.25) is 0 Å². The fourth-order valence-electron chi connectivity index (χ4n) is 1.63.